The van der Waals surface area contributed by atoms with E-state index in [1.807, 2.05) is 13.0 Å². The molecule has 2 aromatic heterocycles. The molecule has 1 aromatic carbocycles. The van der Waals surface area contributed by atoms with Gasteiger partial charge in [-0.1, -0.05) is 0 Å². The van der Waals surface area contributed by atoms with Crippen molar-refractivity contribution in [3.05, 3.63) is 54.1 Å². The number of fused-ring (bicyclic) bond motifs is 1. The highest BCUT2D eigenvalue weighted by Gasteiger charge is 2.08. The van der Waals surface area contributed by atoms with Crippen LogP contribution in [0.3, 0.4) is 0 Å². The number of rotatable bonds is 2. The Kier molecular flexibility index (Phi) is 2.72. The summed E-state index contributed by atoms with van der Waals surface area (Å²) >= 11 is 0. The number of aromatic amines is 1. The smallest absolute Gasteiger partial charge is 0.255 e. The third kappa shape index (κ3) is 2.30. The molecule has 1 amide bonds. The number of carbonyl (C=O) groups is 1. The Labute approximate surface area is 109 Å². The first-order valence-corrected chi connectivity index (χ1v) is 5.90. The molecule has 0 bridgehead atoms. The zero-order valence-corrected chi connectivity index (χ0v) is 10.3. The molecule has 3 rings (SSSR count). The first kappa shape index (κ1) is 11.4. The first-order chi connectivity index (χ1) is 9.22. The minimum absolute atomic E-state index is 0.152. The predicted molar refractivity (Wildman–Crippen MR) is 73.0 cm³/mol. The zero-order chi connectivity index (χ0) is 13.2. The lowest BCUT2D eigenvalue weighted by Gasteiger charge is -2.04. The van der Waals surface area contributed by atoms with Crippen LogP contribution < -0.4 is 5.32 Å². The predicted octanol–water partition coefficient (Wildman–Crippen LogP) is 2.52. The minimum atomic E-state index is -0.152. The van der Waals surface area contributed by atoms with Crippen molar-refractivity contribution < 1.29 is 4.79 Å². The molecule has 0 spiro atoms. The van der Waals surface area contributed by atoms with Crippen LogP contribution in [-0.2, 0) is 0 Å². The molecule has 2 N–H and O–H groups in total. The molecule has 0 aliphatic carbocycles. The van der Waals surface area contributed by atoms with Crippen molar-refractivity contribution >= 4 is 22.6 Å². The highest BCUT2D eigenvalue weighted by atomic mass is 16.1. The second-order valence-electron chi connectivity index (χ2n) is 4.24. The Morgan fingerprint density at radius 3 is 2.79 bits per heavy atom. The van der Waals surface area contributed by atoms with Crippen molar-refractivity contribution in [1.82, 2.24) is 15.0 Å². The number of H-pyrrole nitrogens is 1. The molecule has 0 radical (unpaired) electrons. The fourth-order valence-electron chi connectivity index (χ4n) is 1.92. The van der Waals surface area contributed by atoms with Crippen LogP contribution in [0.4, 0.5) is 5.69 Å². The van der Waals surface area contributed by atoms with E-state index in [4.69, 9.17) is 0 Å². The van der Waals surface area contributed by atoms with Gasteiger partial charge in [0.2, 0.25) is 0 Å². The number of aryl methyl sites for hydroxylation is 1. The van der Waals surface area contributed by atoms with E-state index in [-0.39, 0.29) is 5.91 Å². The summed E-state index contributed by atoms with van der Waals surface area (Å²) in [7, 11) is 0. The van der Waals surface area contributed by atoms with Gasteiger partial charge in [0.25, 0.3) is 5.91 Å². The van der Waals surface area contributed by atoms with E-state index < -0.39 is 0 Å². The summed E-state index contributed by atoms with van der Waals surface area (Å²) in [5.74, 6) is 0.682. The van der Waals surface area contributed by atoms with Crippen molar-refractivity contribution in [3.63, 3.8) is 0 Å². The maximum Gasteiger partial charge on any atom is 0.255 e. The normalized spacial score (nSPS) is 10.6. The zero-order valence-electron chi connectivity index (χ0n) is 10.3. The number of benzene rings is 1. The Bertz CT molecular complexity index is 734. The summed E-state index contributed by atoms with van der Waals surface area (Å²) < 4.78 is 0. The molecule has 0 unspecified atom stereocenters. The number of pyridine rings is 1. The number of amides is 1. The fraction of sp³-hybridized carbons (Fsp3) is 0.0714. The van der Waals surface area contributed by atoms with Gasteiger partial charge in [-0.25, -0.2) is 4.98 Å². The number of hydrogen-bond acceptors (Lipinski definition) is 3. The van der Waals surface area contributed by atoms with Crippen LogP contribution >= 0.6 is 0 Å². The average Bonchev–Trinajstić information content (AvgIpc) is 2.78. The highest BCUT2D eigenvalue weighted by molar-refractivity contribution is 6.05. The van der Waals surface area contributed by atoms with Gasteiger partial charge in [0, 0.05) is 23.6 Å². The van der Waals surface area contributed by atoms with E-state index >= 15 is 0 Å². The van der Waals surface area contributed by atoms with Crippen LogP contribution in [0.5, 0.6) is 0 Å². The lowest BCUT2D eigenvalue weighted by Crippen LogP contribution is -2.11. The van der Waals surface area contributed by atoms with Crippen LogP contribution in [0.1, 0.15) is 16.2 Å². The van der Waals surface area contributed by atoms with Gasteiger partial charge in [0.05, 0.1) is 11.0 Å². The maximum absolute atomic E-state index is 12.1. The quantitative estimate of drug-likeness (QED) is 0.736. The van der Waals surface area contributed by atoms with Crippen LogP contribution in [0, 0.1) is 6.92 Å². The molecule has 0 saturated carbocycles. The van der Waals surface area contributed by atoms with Crippen LogP contribution in [0.25, 0.3) is 11.0 Å². The van der Waals surface area contributed by atoms with Crippen molar-refractivity contribution in [3.8, 4) is 0 Å². The summed E-state index contributed by atoms with van der Waals surface area (Å²) in [5, 5.41) is 2.82. The molecule has 3 aromatic rings. The molecule has 0 atom stereocenters. The molecular formula is C14H12N4O. The number of anilines is 1. The van der Waals surface area contributed by atoms with E-state index in [0.29, 0.717) is 5.56 Å². The minimum Gasteiger partial charge on any atom is -0.342 e. The number of imidazole rings is 1. The summed E-state index contributed by atoms with van der Waals surface area (Å²) in [6.07, 6.45) is 3.27. The van der Waals surface area contributed by atoms with E-state index in [9.17, 15) is 4.79 Å². The summed E-state index contributed by atoms with van der Waals surface area (Å²) in [6.45, 7) is 1.89. The van der Waals surface area contributed by atoms with Crippen molar-refractivity contribution in [2.45, 2.75) is 6.92 Å². The number of nitrogens with zero attached hydrogens (tertiary/aromatic N) is 2. The molecule has 94 valence electrons. The Morgan fingerprint density at radius 2 is 2.00 bits per heavy atom. The van der Waals surface area contributed by atoms with E-state index in [1.54, 1.807) is 36.7 Å². The van der Waals surface area contributed by atoms with Crippen LogP contribution in [0.2, 0.25) is 0 Å². The van der Waals surface area contributed by atoms with Gasteiger partial charge in [0.1, 0.15) is 5.82 Å². The molecular weight excluding hydrogens is 240 g/mol. The van der Waals surface area contributed by atoms with Gasteiger partial charge in [0.15, 0.2) is 0 Å². The molecule has 0 fully saturated rings. The van der Waals surface area contributed by atoms with Gasteiger partial charge < -0.3 is 10.3 Å². The topological polar surface area (TPSA) is 70.7 Å². The molecule has 5 nitrogen and oxygen atoms in total. The SMILES string of the molecule is Cc1nc2ccc(C(=O)Nc3ccncc3)cc2[nH]1. The second kappa shape index (κ2) is 4.53. The van der Waals surface area contributed by atoms with Crippen LogP contribution in [0.15, 0.2) is 42.7 Å². The molecule has 0 aliphatic heterocycles. The van der Waals surface area contributed by atoms with Crippen molar-refractivity contribution in [2.75, 3.05) is 5.32 Å². The number of nitrogens with one attached hydrogen (secondary N) is 2. The van der Waals surface area contributed by atoms with Gasteiger partial charge >= 0.3 is 0 Å². The summed E-state index contributed by atoms with van der Waals surface area (Å²) in [6, 6.07) is 8.89. The second-order valence-corrected chi connectivity index (χ2v) is 4.24. The van der Waals surface area contributed by atoms with Gasteiger partial charge in [-0.3, -0.25) is 9.78 Å². The molecule has 0 aliphatic rings. The lowest BCUT2D eigenvalue weighted by molar-refractivity contribution is 0.102. The maximum atomic E-state index is 12.1. The summed E-state index contributed by atoms with van der Waals surface area (Å²) in [4.78, 5) is 23.4. The summed E-state index contributed by atoms with van der Waals surface area (Å²) in [5.41, 5.74) is 3.03. The first-order valence-electron chi connectivity index (χ1n) is 5.90. The number of aromatic nitrogens is 3. The monoisotopic (exact) mass is 252 g/mol. The number of carbonyl (C=O) groups excluding carboxylic acids is 1. The van der Waals surface area contributed by atoms with E-state index in [0.717, 1.165) is 22.5 Å². The van der Waals surface area contributed by atoms with Crippen molar-refractivity contribution in [1.29, 1.82) is 0 Å². The molecule has 0 saturated heterocycles. The Morgan fingerprint density at radius 1 is 1.21 bits per heavy atom. The molecule has 2 heterocycles. The Balaban J connectivity index is 1.89. The van der Waals surface area contributed by atoms with E-state index in [2.05, 4.69) is 20.3 Å². The van der Waals surface area contributed by atoms with Gasteiger partial charge in [-0.15, -0.1) is 0 Å². The standard InChI is InChI=1S/C14H12N4O/c1-9-16-12-3-2-10(8-13(12)17-9)14(19)18-11-4-6-15-7-5-11/h2-8H,1H3,(H,16,17)(H,15,18,19). The number of hydrogen-bond donors (Lipinski definition) is 2. The van der Waals surface area contributed by atoms with E-state index in [1.165, 1.54) is 0 Å². The van der Waals surface area contributed by atoms with Gasteiger partial charge in [-0.2, -0.15) is 0 Å². The van der Waals surface area contributed by atoms with Crippen molar-refractivity contribution in [2.24, 2.45) is 0 Å². The lowest BCUT2D eigenvalue weighted by atomic mass is 10.2. The molecule has 19 heavy (non-hydrogen) atoms. The highest BCUT2D eigenvalue weighted by Crippen LogP contribution is 2.15. The Hall–Kier alpha value is -2.69. The average molecular weight is 252 g/mol. The largest absolute Gasteiger partial charge is 0.342 e. The third-order valence-corrected chi connectivity index (χ3v) is 2.80. The molecule has 5 heteroatoms. The van der Waals surface area contributed by atoms with Gasteiger partial charge in [-0.05, 0) is 37.3 Å². The third-order valence-electron chi connectivity index (χ3n) is 2.80. The fourth-order valence-corrected chi connectivity index (χ4v) is 1.92. The van der Waals surface area contributed by atoms with Crippen LogP contribution in [-0.4, -0.2) is 20.9 Å².